The number of allylic oxidation sites excluding steroid dienone is 1. The van der Waals surface area contributed by atoms with Crippen LogP contribution in [0.2, 0.25) is 0 Å². The number of pyridine rings is 1. The van der Waals surface area contributed by atoms with Crippen LogP contribution in [0.5, 0.6) is 5.75 Å². The van der Waals surface area contributed by atoms with Crippen molar-refractivity contribution < 1.29 is 19.4 Å². The standard InChI is InChI=1S/C21H24N2O5/c1-13-11-17(25)18(19(26)23(13)5)16(24)10-9-14-7-6-8-15(12-14)22-20(27)28-21(2,3)4/h6-12,25H,1-5H3,(H,22,27)/b10-9+. The highest BCUT2D eigenvalue weighted by molar-refractivity contribution is 6.08. The van der Waals surface area contributed by atoms with Crippen LogP contribution in [0.1, 0.15) is 42.4 Å². The van der Waals surface area contributed by atoms with Crippen molar-refractivity contribution in [2.45, 2.75) is 33.3 Å². The first-order valence-electron chi connectivity index (χ1n) is 8.70. The molecular weight excluding hydrogens is 360 g/mol. The van der Waals surface area contributed by atoms with Crippen LogP contribution in [0.15, 0.2) is 41.2 Å². The Bertz CT molecular complexity index is 997. The lowest BCUT2D eigenvalue weighted by molar-refractivity contribution is 0.0635. The van der Waals surface area contributed by atoms with Gasteiger partial charge in [-0.3, -0.25) is 14.9 Å². The van der Waals surface area contributed by atoms with Crippen molar-refractivity contribution in [3.05, 3.63) is 63.6 Å². The van der Waals surface area contributed by atoms with E-state index in [1.807, 2.05) is 0 Å². The van der Waals surface area contributed by atoms with Gasteiger partial charge in [-0.25, -0.2) is 4.79 Å². The number of aromatic hydroxyl groups is 1. The fourth-order valence-corrected chi connectivity index (χ4v) is 2.43. The maximum Gasteiger partial charge on any atom is 0.412 e. The summed E-state index contributed by atoms with van der Waals surface area (Å²) in [6, 6.07) is 8.15. The lowest BCUT2D eigenvalue weighted by Gasteiger charge is -2.19. The average Bonchev–Trinajstić information content (AvgIpc) is 2.56. The number of amides is 1. The van der Waals surface area contributed by atoms with Crippen LogP contribution in [-0.4, -0.2) is 27.2 Å². The third kappa shape index (κ3) is 5.33. The molecule has 1 aromatic heterocycles. The minimum Gasteiger partial charge on any atom is -0.507 e. The van der Waals surface area contributed by atoms with Gasteiger partial charge in [-0.2, -0.15) is 0 Å². The zero-order valence-electron chi connectivity index (χ0n) is 16.6. The Morgan fingerprint density at radius 2 is 1.89 bits per heavy atom. The van der Waals surface area contributed by atoms with Gasteiger partial charge in [-0.05, 0) is 51.5 Å². The lowest BCUT2D eigenvalue weighted by atomic mass is 10.1. The van der Waals surface area contributed by atoms with Gasteiger partial charge in [0.25, 0.3) is 5.56 Å². The first-order chi connectivity index (χ1) is 13.0. The average molecular weight is 384 g/mol. The smallest absolute Gasteiger partial charge is 0.412 e. The van der Waals surface area contributed by atoms with E-state index in [9.17, 15) is 19.5 Å². The summed E-state index contributed by atoms with van der Waals surface area (Å²) < 4.78 is 6.50. The number of ether oxygens (including phenoxy) is 1. The molecule has 7 nitrogen and oxygen atoms in total. The second-order valence-electron chi connectivity index (χ2n) is 7.36. The first kappa shape index (κ1) is 21.0. The van der Waals surface area contributed by atoms with Crippen LogP contribution >= 0.6 is 0 Å². The van der Waals surface area contributed by atoms with Gasteiger partial charge in [0.15, 0.2) is 5.78 Å². The quantitative estimate of drug-likeness (QED) is 0.619. The molecule has 148 valence electrons. The summed E-state index contributed by atoms with van der Waals surface area (Å²) >= 11 is 0. The number of rotatable bonds is 4. The topological polar surface area (TPSA) is 97.6 Å². The van der Waals surface area contributed by atoms with Crippen LogP contribution in [-0.2, 0) is 11.8 Å². The summed E-state index contributed by atoms with van der Waals surface area (Å²) in [6.45, 7) is 6.96. The van der Waals surface area contributed by atoms with Crippen molar-refractivity contribution >= 4 is 23.6 Å². The van der Waals surface area contributed by atoms with E-state index in [0.717, 1.165) is 0 Å². The predicted octanol–water partition coefficient (Wildman–Crippen LogP) is 3.64. The van der Waals surface area contributed by atoms with E-state index >= 15 is 0 Å². The fourth-order valence-electron chi connectivity index (χ4n) is 2.43. The van der Waals surface area contributed by atoms with Crippen LogP contribution in [0.3, 0.4) is 0 Å². The number of nitrogens with one attached hydrogen (secondary N) is 1. The van der Waals surface area contributed by atoms with E-state index in [4.69, 9.17) is 4.74 Å². The third-order valence-electron chi connectivity index (χ3n) is 3.85. The molecule has 0 aliphatic heterocycles. The summed E-state index contributed by atoms with van der Waals surface area (Å²) in [5.41, 5.74) is 0.211. The lowest BCUT2D eigenvalue weighted by Crippen LogP contribution is -2.27. The largest absolute Gasteiger partial charge is 0.507 e. The van der Waals surface area contributed by atoms with Crippen molar-refractivity contribution in [1.29, 1.82) is 0 Å². The van der Waals surface area contributed by atoms with Crippen LogP contribution < -0.4 is 10.9 Å². The number of nitrogens with zero attached hydrogens (tertiary/aromatic N) is 1. The highest BCUT2D eigenvalue weighted by atomic mass is 16.6. The van der Waals surface area contributed by atoms with Gasteiger partial charge in [-0.1, -0.05) is 18.2 Å². The number of carbonyl (C=O) groups is 2. The van der Waals surface area contributed by atoms with E-state index in [-0.39, 0.29) is 11.3 Å². The van der Waals surface area contributed by atoms with Gasteiger partial charge in [0.2, 0.25) is 0 Å². The molecule has 0 unspecified atom stereocenters. The molecule has 0 radical (unpaired) electrons. The van der Waals surface area contributed by atoms with Crippen molar-refractivity contribution in [2.75, 3.05) is 5.32 Å². The molecule has 0 fully saturated rings. The van der Waals surface area contributed by atoms with Crippen LogP contribution in [0.25, 0.3) is 6.08 Å². The van der Waals surface area contributed by atoms with Gasteiger partial charge in [0, 0.05) is 24.5 Å². The second-order valence-corrected chi connectivity index (χ2v) is 7.36. The number of aromatic nitrogens is 1. The summed E-state index contributed by atoms with van der Waals surface area (Å²) in [6.07, 6.45) is 2.12. The zero-order valence-corrected chi connectivity index (χ0v) is 16.6. The molecule has 0 saturated carbocycles. The SMILES string of the molecule is Cc1cc(O)c(C(=O)/C=C/c2cccc(NC(=O)OC(C)(C)C)c2)c(=O)n1C. The van der Waals surface area contributed by atoms with Crippen molar-refractivity contribution in [3.8, 4) is 5.75 Å². The Morgan fingerprint density at radius 3 is 2.54 bits per heavy atom. The normalized spacial score (nSPS) is 11.5. The molecular formula is C21H24N2O5. The molecule has 0 saturated heterocycles. The summed E-state index contributed by atoms with van der Waals surface area (Å²) in [4.78, 5) is 36.5. The van der Waals surface area contributed by atoms with Crippen LogP contribution in [0, 0.1) is 6.92 Å². The van der Waals surface area contributed by atoms with Crippen molar-refractivity contribution in [1.82, 2.24) is 4.57 Å². The Kier molecular flexibility index (Phi) is 6.08. The van der Waals surface area contributed by atoms with Gasteiger partial charge in [0.1, 0.15) is 16.9 Å². The number of hydrogen-bond acceptors (Lipinski definition) is 5. The van der Waals surface area contributed by atoms with Gasteiger partial charge < -0.3 is 14.4 Å². The molecule has 28 heavy (non-hydrogen) atoms. The van der Waals surface area contributed by atoms with E-state index in [1.54, 1.807) is 52.0 Å². The molecule has 1 aromatic carbocycles. The number of hydrogen-bond donors (Lipinski definition) is 2. The first-order valence-corrected chi connectivity index (χ1v) is 8.70. The molecule has 2 aromatic rings. The minimum atomic E-state index is -0.615. The molecule has 0 aliphatic carbocycles. The highest BCUT2D eigenvalue weighted by Gasteiger charge is 2.17. The molecule has 0 bridgehead atoms. The number of carbonyl (C=O) groups excluding carboxylic acids is 2. The Balaban J connectivity index is 2.19. The van der Waals surface area contributed by atoms with Gasteiger partial charge in [0.05, 0.1) is 0 Å². The fraction of sp³-hybridized carbons (Fsp3) is 0.286. The Morgan fingerprint density at radius 1 is 1.21 bits per heavy atom. The maximum absolute atomic E-state index is 12.4. The molecule has 7 heteroatoms. The Hall–Kier alpha value is -3.35. The van der Waals surface area contributed by atoms with Crippen molar-refractivity contribution in [3.63, 3.8) is 0 Å². The van der Waals surface area contributed by atoms with Gasteiger partial charge >= 0.3 is 6.09 Å². The van der Waals surface area contributed by atoms with E-state index in [2.05, 4.69) is 5.32 Å². The zero-order chi connectivity index (χ0) is 21.1. The number of aryl methyl sites for hydroxylation is 1. The molecule has 0 aliphatic rings. The minimum absolute atomic E-state index is 0.285. The maximum atomic E-state index is 12.4. The number of anilines is 1. The number of benzene rings is 1. The molecule has 2 rings (SSSR count). The monoisotopic (exact) mass is 384 g/mol. The molecule has 1 amide bonds. The molecule has 0 atom stereocenters. The highest BCUT2D eigenvalue weighted by Crippen LogP contribution is 2.17. The van der Waals surface area contributed by atoms with Crippen LogP contribution in [0.4, 0.5) is 10.5 Å². The summed E-state index contributed by atoms with van der Waals surface area (Å²) in [5.74, 6) is -0.959. The molecule has 0 spiro atoms. The summed E-state index contributed by atoms with van der Waals surface area (Å²) in [5, 5.41) is 12.6. The summed E-state index contributed by atoms with van der Waals surface area (Å²) in [7, 11) is 1.53. The third-order valence-corrected chi connectivity index (χ3v) is 3.85. The molecule has 1 heterocycles. The van der Waals surface area contributed by atoms with E-state index < -0.39 is 23.0 Å². The van der Waals surface area contributed by atoms with E-state index in [1.165, 1.54) is 29.8 Å². The van der Waals surface area contributed by atoms with Gasteiger partial charge in [-0.15, -0.1) is 0 Å². The Labute approximate surface area is 163 Å². The predicted molar refractivity (Wildman–Crippen MR) is 108 cm³/mol. The number of ketones is 1. The van der Waals surface area contributed by atoms with Crippen molar-refractivity contribution in [2.24, 2.45) is 7.05 Å². The molecule has 2 N–H and O–H groups in total. The van der Waals surface area contributed by atoms with E-state index in [0.29, 0.717) is 16.9 Å². The second kappa shape index (κ2) is 8.12.